The zero-order chi connectivity index (χ0) is 29.1. The second-order valence-corrected chi connectivity index (χ2v) is 14.2. The molecule has 11 heteroatoms. The summed E-state index contributed by atoms with van der Waals surface area (Å²) in [6.45, 7) is 4.64. The van der Waals surface area contributed by atoms with E-state index in [0.717, 1.165) is 25.5 Å². The molecular weight excluding hydrogens is 548 g/mol. The summed E-state index contributed by atoms with van der Waals surface area (Å²) < 4.78 is 53.2. The molecule has 1 saturated heterocycles. The lowest BCUT2D eigenvalue weighted by Gasteiger charge is -2.41. The number of amides is 1. The second-order valence-electron chi connectivity index (χ2n) is 10.4. The van der Waals surface area contributed by atoms with Crippen molar-refractivity contribution in [3.63, 3.8) is 0 Å². The number of sulfone groups is 1. The highest BCUT2D eigenvalue weighted by Crippen LogP contribution is 2.26. The first-order chi connectivity index (χ1) is 18.9. The minimum atomic E-state index is -3.99. The number of nitriles is 1. The molecule has 0 radical (unpaired) electrons. The Labute approximate surface area is 236 Å². The molecule has 212 valence electrons. The third-order valence-electron chi connectivity index (χ3n) is 7.50. The molecule has 0 aliphatic carbocycles. The number of hydrogen-bond donors (Lipinski definition) is 2. The van der Waals surface area contributed by atoms with E-state index in [9.17, 15) is 26.9 Å². The number of hydrogen-bond acceptors (Lipinski definition) is 7. The van der Waals surface area contributed by atoms with E-state index in [-0.39, 0.29) is 34.0 Å². The summed E-state index contributed by atoms with van der Waals surface area (Å²) in [5.74, 6) is -0.426. The van der Waals surface area contributed by atoms with Crippen LogP contribution in [0.5, 0.6) is 0 Å². The maximum atomic E-state index is 13.5. The highest BCUT2D eigenvalue weighted by Gasteiger charge is 2.29. The quantitative estimate of drug-likeness (QED) is 0.394. The Kier molecular flexibility index (Phi) is 8.95. The molecule has 3 aromatic carbocycles. The van der Waals surface area contributed by atoms with Crippen LogP contribution in [-0.2, 0) is 19.9 Å². The number of nitrogens with zero attached hydrogens (tertiary/aromatic N) is 2. The Morgan fingerprint density at radius 3 is 2.23 bits per heavy atom. The van der Waals surface area contributed by atoms with Crippen LogP contribution < -0.4 is 10.0 Å². The van der Waals surface area contributed by atoms with Crippen LogP contribution in [-0.4, -0.2) is 65.1 Å². The van der Waals surface area contributed by atoms with Crippen molar-refractivity contribution in [2.45, 2.75) is 61.0 Å². The molecule has 0 spiro atoms. The van der Waals surface area contributed by atoms with E-state index in [1.54, 1.807) is 30.3 Å². The molecule has 0 bridgehead atoms. The van der Waals surface area contributed by atoms with Gasteiger partial charge in [-0.25, -0.2) is 21.6 Å². The van der Waals surface area contributed by atoms with Crippen LogP contribution in [0, 0.1) is 11.3 Å². The summed E-state index contributed by atoms with van der Waals surface area (Å²) in [7, 11) is -7.40. The van der Waals surface area contributed by atoms with E-state index in [1.807, 2.05) is 0 Å². The minimum absolute atomic E-state index is 0.0558. The first kappa shape index (κ1) is 29.7. The Balaban J connectivity index is 1.59. The van der Waals surface area contributed by atoms with Gasteiger partial charge in [0.25, 0.3) is 5.91 Å². The smallest absolute Gasteiger partial charge is 0.251 e. The van der Waals surface area contributed by atoms with E-state index < -0.39 is 31.8 Å². The number of carbonyl (C=O) groups is 1. The molecule has 1 fully saturated rings. The lowest BCUT2D eigenvalue weighted by Crippen LogP contribution is -2.54. The molecule has 2 N–H and O–H groups in total. The second kappa shape index (κ2) is 12.1. The van der Waals surface area contributed by atoms with Crippen LogP contribution in [0.15, 0.2) is 70.5 Å². The average molecular weight is 583 g/mol. The summed E-state index contributed by atoms with van der Waals surface area (Å²) >= 11 is 0. The van der Waals surface area contributed by atoms with Crippen molar-refractivity contribution in [3.05, 3.63) is 71.8 Å². The van der Waals surface area contributed by atoms with E-state index >= 15 is 0 Å². The molecule has 4 rings (SSSR count). The topological polar surface area (TPSA) is 136 Å². The van der Waals surface area contributed by atoms with Crippen molar-refractivity contribution >= 4 is 36.5 Å². The predicted octanol–water partition coefficient (Wildman–Crippen LogP) is 3.45. The summed E-state index contributed by atoms with van der Waals surface area (Å²) in [5.41, 5.74) is 0.660. The van der Waals surface area contributed by atoms with E-state index in [2.05, 4.69) is 34.9 Å². The van der Waals surface area contributed by atoms with Crippen molar-refractivity contribution in [1.82, 2.24) is 14.9 Å². The van der Waals surface area contributed by atoms with Gasteiger partial charge in [0.15, 0.2) is 9.84 Å². The summed E-state index contributed by atoms with van der Waals surface area (Å²) in [6.07, 6.45) is 4.24. The van der Waals surface area contributed by atoms with Gasteiger partial charge in [-0.1, -0.05) is 30.7 Å². The third-order valence-corrected chi connectivity index (χ3v) is 10.1. The Bertz CT molecular complexity index is 1640. The molecule has 1 aliphatic heterocycles. The van der Waals surface area contributed by atoms with Crippen LogP contribution in [0.4, 0.5) is 0 Å². The minimum Gasteiger partial charge on any atom is -0.347 e. The number of nitrogens with one attached hydrogen (secondary N) is 2. The van der Waals surface area contributed by atoms with Crippen LogP contribution in [0.3, 0.4) is 0 Å². The molecule has 1 aliphatic rings. The van der Waals surface area contributed by atoms with Crippen LogP contribution in [0.1, 0.15) is 49.0 Å². The van der Waals surface area contributed by atoms with Gasteiger partial charge in [-0.2, -0.15) is 5.26 Å². The fourth-order valence-electron chi connectivity index (χ4n) is 5.27. The Morgan fingerprint density at radius 1 is 0.975 bits per heavy atom. The average Bonchev–Trinajstić information content (AvgIpc) is 2.92. The summed E-state index contributed by atoms with van der Waals surface area (Å²) in [6, 6.07) is 17.5. The van der Waals surface area contributed by atoms with Gasteiger partial charge in [0, 0.05) is 47.8 Å². The normalized spacial score (nSPS) is 19.1. The first-order valence-corrected chi connectivity index (χ1v) is 16.6. The number of benzene rings is 3. The van der Waals surface area contributed by atoms with Crippen LogP contribution in [0.25, 0.3) is 10.8 Å². The van der Waals surface area contributed by atoms with E-state index in [1.165, 1.54) is 30.3 Å². The molecule has 3 aromatic rings. The molecule has 9 nitrogen and oxygen atoms in total. The summed E-state index contributed by atoms with van der Waals surface area (Å²) in [4.78, 5) is 15.6. The molecule has 40 heavy (non-hydrogen) atoms. The van der Waals surface area contributed by atoms with Crippen LogP contribution >= 0.6 is 0 Å². The molecule has 1 heterocycles. The van der Waals surface area contributed by atoms with Crippen molar-refractivity contribution in [2.75, 3.05) is 19.3 Å². The van der Waals surface area contributed by atoms with Crippen molar-refractivity contribution < 1.29 is 21.6 Å². The molecule has 1 amide bonds. The maximum Gasteiger partial charge on any atom is 0.251 e. The highest BCUT2D eigenvalue weighted by atomic mass is 32.2. The van der Waals surface area contributed by atoms with Gasteiger partial charge in [-0.15, -0.1) is 0 Å². The lowest BCUT2D eigenvalue weighted by molar-refractivity contribution is 0.0799. The van der Waals surface area contributed by atoms with Gasteiger partial charge in [-0.05, 0) is 63.1 Å². The fraction of sp³-hybridized carbons (Fsp3) is 0.379. The largest absolute Gasteiger partial charge is 0.347 e. The predicted molar refractivity (Wildman–Crippen MR) is 154 cm³/mol. The van der Waals surface area contributed by atoms with Gasteiger partial charge < -0.3 is 5.32 Å². The third kappa shape index (κ3) is 6.70. The zero-order valence-corrected chi connectivity index (χ0v) is 24.4. The van der Waals surface area contributed by atoms with Gasteiger partial charge in [-0.3, -0.25) is 9.69 Å². The van der Waals surface area contributed by atoms with Gasteiger partial charge in [0.05, 0.1) is 27.5 Å². The van der Waals surface area contributed by atoms with Gasteiger partial charge >= 0.3 is 0 Å². The van der Waals surface area contributed by atoms with E-state index in [0.29, 0.717) is 22.9 Å². The number of piperidine rings is 1. The zero-order valence-electron chi connectivity index (χ0n) is 22.8. The first-order valence-electron chi connectivity index (χ1n) is 13.2. The van der Waals surface area contributed by atoms with Crippen molar-refractivity contribution in [3.8, 4) is 6.07 Å². The number of rotatable bonds is 9. The lowest BCUT2D eigenvalue weighted by atomic mass is 9.97. The van der Waals surface area contributed by atoms with Gasteiger partial charge in [0.1, 0.15) is 0 Å². The van der Waals surface area contributed by atoms with Crippen LogP contribution in [0.2, 0.25) is 0 Å². The SMILES string of the molecule is C[C@@H]1CCC[C@H](C)N1C[C@H](CNS(=O)(=O)c1cccc2c(C#N)cccc12)NC(=O)c1ccc(S(C)(=O)=O)cc1. The molecule has 3 atom stereocenters. The molecule has 0 saturated carbocycles. The number of fused-ring (bicyclic) bond motifs is 1. The maximum absolute atomic E-state index is 13.5. The Morgan fingerprint density at radius 2 is 1.60 bits per heavy atom. The van der Waals surface area contributed by atoms with E-state index in [4.69, 9.17) is 0 Å². The van der Waals surface area contributed by atoms with Crippen molar-refractivity contribution in [1.29, 1.82) is 5.26 Å². The molecule has 0 aromatic heterocycles. The monoisotopic (exact) mass is 582 g/mol. The summed E-state index contributed by atoms with van der Waals surface area (Å²) in [5, 5.41) is 13.4. The fourth-order valence-corrected chi connectivity index (χ4v) is 7.21. The molecule has 0 unspecified atom stereocenters. The number of carbonyl (C=O) groups excluding carboxylic acids is 1. The Hall–Kier alpha value is -3.30. The van der Waals surface area contributed by atoms with Crippen molar-refractivity contribution in [2.24, 2.45) is 0 Å². The van der Waals surface area contributed by atoms with Gasteiger partial charge in [0.2, 0.25) is 10.0 Å². The number of sulfonamides is 1. The highest BCUT2D eigenvalue weighted by molar-refractivity contribution is 7.90. The molecular formula is C29H34N4O5S2. The number of likely N-dealkylation sites (tertiary alicyclic amines) is 1. The standard InChI is InChI=1S/C29H34N4O5S2/c1-20-7-4-8-21(2)33(20)19-24(32-29(34)22-13-15-25(16-14-22)39(3,35)36)18-31-40(37,38)28-12-6-10-26-23(17-30)9-5-11-27(26)28/h5-6,9-16,20-21,24,31H,4,7-8,18-19H2,1-3H3,(H,32,34)/t20-,21+,24-/m0/s1.